The van der Waals surface area contributed by atoms with Crippen molar-refractivity contribution in [1.82, 2.24) is 4.90 Å². The summed E-state index contributed by atoms with van der Waals surface area (Å²) < 4.78 is 11.1. The van der Waals surface area contributed by atoms with Crippen LogP contribution in [0.1, 0.15) is 39.5 Å². The van der Waals surface area contributed by atoms with Crippen LogP contribution in [0.4, 0.5) is 0 Å². The van der Waals surface area contributed by atoms with Crippen LogP contribution in [0, 0.1) is 5.92 Å². The zero-order chi connectivity index (χ0) is 13.7. The van der Waals surface area contributed by atoms with Gasteiger partial charge in [0.05, 0.1) is 18.8 Å². The number of rotatable bonds is 5. The van der Waals surface area contributed by atoms with Crippen LogP contribution < -0.4 is 0 Å². The van der Waals surface area contributed by atoms with Gasteiger partial charge in [0.2, 0.25) is 0 Å². The number of piperidine rings is 1. The fraction of sp³-hybridized carbons (Fsp3) is 1.00. The predicted octanol–water partition coefficient (Wildman–Crippen LogP) is 1.66. The molecule has 2 aliphatic rings. The first kappa shape index (κ1) is 15.2. The molecule has 3 unspecified atom stereocenters. The molecule has 4 heteroatoms. The Bertz CT molecular complexity index is 256. The smallest absolute Gasteiger partial charge is 0.0900 e. The number of likely N-dealkylation sites (tertiary alicyclic amines) is 1. The van der Waals surface area contributed by atoms with Gasteiger partial charge >= 0.3 is 0 Å². The first-order chi connectivity index (χ1) is 9.15. The molecular formula is C15H29NO3. The normalized spacial score (nSPS) is 32.4. The van der Waals surface area contributed by atoms with Crippen molar-refractivity contribution in [3.63, 3.8) is 0 Å². The fourth-order valence-electron chi connectivity index (χ4n) is 3.14. The van der Waals surface area contributed by atoms with Gasteiger partial charge in [-0.1, -0.05) is 6.92 Å². The van der Waals surface area contributed by atoms with Gasteiger partial charge in [-0.15, -0.1) is 0 Å². The Hall–Kier alpha value is -0.160. The molecule has 0 spiro atoms. The number of hydrogen-bond donors (Lipinski definition) is 1. The van der Waals surface area contributed by atoms with Crippen LogP contribution in [0.5, 0.6) is 0 Å². The molecular weight excluding hydrogens is 242 g/mol. The molecule has 0 bridgehead atoms. The van der Waals surface area contributed by atoms with Gasteiger partial charge in [0.1, 0.15) is 0 Å². The number of ether oxygens (including phenoxy) is 2. The van der Waals surface area contributed by atoms with Gasteiger partial charge in [0.15, 0.2) is 0 Å². The second kappa shape index (κ2) is 7.58. The van der Waals surface area contributed by atoms with E-state index in [0.717, 1.165) is 45.1 Å². The van der Waals surface area contributed by atoms with Crippen LogP contribution in [0.25, 0.3) is 0 Å². The molecule has 2 fully saturated rings. The summed E-state index contributed by atoms with van der Waals surface area (Å²) in [4.78, 5) is 2.40. The molecule has 0 aromatic heterocycles. The van der Waals surface area contributed by atoms with E-state index < -0.39 is 0 Å². The van der Waals surface area contributed by atoms with Gasteiger partial charge in [0.25, 0.3) is 0 Å². The molecule has 1 N–H and O–H groups in total. The fourth-order valence-corrected chi connectivity index (χ4v) is 3.14. The lowest BCUT2D eigenvalue weighted by atomic mass is 9.93. The number of nitrogens with zero attached hydrogens (tertiary/aromatic N) is 1. The van der Waals surface area contributed by atoms with Crippen LogP contribution in [-0.4, -0.2) is 61.2 Å². The summed E-state index contributed by atoms with van der Waals surface area (Å²) in [5.41, 5.74) is 0. The van der Waals surface area contributed by atoms with Crippen molar-refractivity contribution < 1.29 is 14.6 Å². The SMILES string of the molecule is CC1CCN(CC(O)COC2CCOCC2)C(C)C1. The van der Waals surface area contributed by atoms with E-state index in [0.29, 0.717) is 12.6 Å². The van der Waals surface area contributed by atoms with Gasteiger partial charge in [-0.3, -0.25) is 4.90 Å². The van der Waals surface area contributed by atoms with Crippen molar-refractivity contribution in [2.24, 2.45) is 5.92 Å². The van der Waals surface area contributed by atoms with Crippen molar-refractivity contribution in [3.8, 4) is 0 Å². The van der Waals surface area contributed by atoms with E-state index in [-0.39, 0.29) is 12.2 Å². The molecule has 3 atom stereocenters. The maximum atomic E-state index is 10.1. The molecule has 2 heterocycles. The van der Waals surface area contributed by atoms with E-state index >= 15 is 0 Å². The van der Waals surface area contributed by atoms with Crippen molar-refractivity contribution in [2.45, 2.75) is 57.8 Å². The Balaban J connectivity index is 1.64. The second-order valence-corrected chi connectivity index (χ2v) is 6.27. The highest BCUT2D eigenvalue weighted by Crippen LogP contribution is 2.22. The third-order valence-electron chi connectivity index (χ3n) is 4.41. The van der Waals surface area contributed by atoms with Crippen LogP contribution in [0.3, 0.4) is 0 Å². The largest absolute Gasteiger partial charge is 0.389 e. The lowest BCUT2D eigenvalue weighted by Crippen LogP contribution is -2.45. The third-order valence-corrected chi connectivity index (χ3v) is 4.41. The summed E-state index contributed by atoms with van der Waals surface area (Å²) in [6.45, 7) is 8.49. The zero-order valence-electron chi connectivity index (χ0n) is 12.4. The highest BCUT2D eigenvalue weighted by molar-refractivity contribution is 4.78. The average molecular weight is 271 g/mol. The van der Waals surface area contributed by atoms with Crippen molar-refractivity contribution >= 4 is 0 Å². The maximum absolute atomic E-state index is 10.1. The monoisotopic (exact) mass is 271 g/mol. The molecule has 2 rings (SSSR count). The van der Waals surface area contributed by atoms with Crippen molar-refractivity contribution in [1.29, 1.82) is 0 Å². The average Bonchev–Trinajstić information content (AvgIpc) is 2.41. The maximum Gasteiger partial charge on any atom is 0.0900 e. The predicted molar refractivity (Wildman–Crippen MR) is 75.2 cm³/mol. The molecule has 19 heavy (non-hydrogen) atoms. The van der Waals surface area contributed by atoms with Gasteiger partial charge in [-0.25, -0.2) is 0 Å². The Labute approximate surface area is 117 Å². The van der Waals surface area contributed by atoms with E-state index in [1.54, 1.807) is 0 Å². The Morgan fingerprint density at radius 1 is 1.26 bits per heavy atom. The van der Waals surface area contributed by atoms with E-state index in [1.807, 2.05) is 0 Å². The molecule has 4 nitrogen and oxygen atoms in total. The summed E-state index contributed by atoms with van der Waals surface area (Å²) in [7, 11) is 0. The van der Waals surface area contributed by atoms with Gasteiger partial charge in [-0.2, -0.15) is 0 Å². The molecule has 0 aromatic carbocycles. The Morgan fingerprint density at radius 3 is 2.68 bits per heavy atom. The summed E-state index contributed by atoms with van der Waals surface area (Å²) in [5.74, 6) is 0.821. The van der Waals surface area contributed by atoms with E-state index in [9.17, 15) is 5.11 Å². The summed E-state index contributed by atoms with van der Waals surface area (Å²) in [6, 6.07) is 0.585. The molecule has 0 radical (unpaired) electrons. The van der Waals surface area contributed by atoms with Gasteiger partial charge in [-0.05, 0) is 45.1 Å². The lowest BCUT2D eigenvalue weighted by Gasteiger charge is -2.37. The molecule has 0 aliphatic carbocycles. The molecule has 0 saturated carbocycles. The van der Waals surface area contributed by atoms with Gasteiger partial charge in [0, 0.05) is 25.8 Å². The molecule has 112 valence electrons. The van der Waals surface area contributed by atoms with Crippen LogP contribution in [0.15, 0.2) is 0 Å². The Kier molecular flexibility index (Phi) is 6.07. The first-order valence-electron chi connectivity index (χ1n) is 7.76. The Morgan fingerprint density at radius 2 is 2.00 bits per heavy atom. The number of β-amino-alcohol motifs (C(OH)–C–C–N with tert-alkyl or cyclic N) is 1. The summed E-state index contributed by atoms with van der Waals surface area (Å²) >= 11 is 0. The molecule has 0 aromatic rings. The number of aliphatic hydroxyl groups is 1. The van der Waals surface area contributed by atoms with E-state index in [4.69, 9.17) is 9.47 Å². The minimum absolute atomic E-state index is 0.280. The highest BCUT2D eigenvalue weighted by atomic mass is 16.5. The zero-order valence-corrected chi connectivity index (χ0v) is 12.4. The van der Waals surface area contributed by atoms with Crippen molar-refractivity contribution in [3.05, 3.63) is 0 Å². The third kappa shape index (κ3) is 5.03. The summed E-state index contributed by atoms with van der Waals surface area (Å²) in [6.07, 6.45) is 4.33. The summed E-state index contributed by atoms with van der Waals surface area (Å²) in [5, 5.41) is 10.1. The highest BCUT2D eigenvalue weighted by Gasteiger charge is 2.25. The van der Waals surface area contributed by atoms with E-state index in [1.165, 1.54) is 12.8 Å². The van der Waals surface area contributed by atoms with Crippen LogP contribution in [-0.2, 0) is 9.47 Å². The minimum atomic E-state index is -0.362. The number of hydrogen-bond acceptors (Lipinski definition) is 4. The molecule has 2 saturated heterocycles. The first-order valence-corrected chi connectivity index (χ1v) is 7.76. The second-order valence-electron chi connectivity index (χ2n) is 6.27. The topological polar surface area (TPSA) is 41.9 Å². The molecule has 0 amide bonds. The standard InChI is InChI=1S/C15H29NO3/c1-12-3-6-16(13(2)9-12)10-14(17)11-19-15-4-7-18-8-5-15/h12-15,17H,3-11H2,1-2H3. The lowest BCUT2D eigenvalue weighted by molar-refractivity contribution is -0.0676. The van der Waals surface area contributed by atoms with Gasteiger partial charge < -0.3 is 14.6 Å². The quantitative estimate of drug-likeness (QED) is 0.826. The van der Waals surface area contributed by atoms with E-state index in [2.05, 4.69) is 18.7 Å². The molecule has 2 aliphatic heterocycles. The number of aliphatic hydroxyl groups excluding tert-OH is 1. The van der Waals surface area contributed by atoms with Crippen LogP contribution >= 0.6 is 0 Å². The minimum Gasteiger partial charge on any atom is -0.389 e. The van der Waals surface area contributed by atoms with Crippen molar-refractivity contribution in [2.75, 3.05) is 32.9 Å². The van der Waals surface area contributed by atoms with Crippen LogP contribution in [0.2, 0.25) is 0 Å².